The van der Waals surface area contributed by atoms with Crippen LogP contribution < -0.4 is 4.74 Å². The summed E-state index contributed by atoms with van der Waals surface area (Å²) in [6, 6.07) is 31.1. The minimum Gasteiger partial charge on any atom is -0.457 e. The fourth-order valence-electron chi connectivity index (χ4n) is 3.90. The van der Waals surface area contributed by atoms with Crippen LogP contribution in [0.25, 0.3) is 10.8 Å². The van der Waals surface area contributed by atoms with Crippen molar-refractivity contribution in [1.29, 1.82) is 5.26 Å². The highest BCUT2D eigenvalue weighted by atomic mass is 16.5. The van der Waals surface area contributed by atoms with Gasteiger partial charge in [0.1, 0.15) is 17.6 Å². The van der Waals surface area contributed by atoms with Gasteiger partial charge in [0.25, 0.3) is 0 Å². The van der Waals surface area contributed by atoms with Crippen molar-refractivity contribution >= 4 is 10.8 Å². The molecule has 0 spiro atoms. The topological polar surface area (TPSA) is 71.1 Å². The molecule has 4 aromatic carbocycles. The summed E-state index contributed by atoms with van der Waals surface area (Å²) in [5.41, 5.74) is 3.04. The van der Waals surface area contributed by atoms with E-state index in [1.165, 1.54) is 0 Å². The van der Waals surface area contributed by atoms with Crippen molar-refractivity contribution in [1.82, 2.24) is 9.55 Å². The van der Waals surface area contributed by atoms with Crippen molar-refractivity contribution in [2.75, 3.05) is 0 Å². The van der Waals surface area contributed by atoms with Gasteiger partial charge in [-0.25, -0.2) is 4.98 Å². The largest absolute Gasteiger partial charge is 0.457 e. The summed E-state index contributed by atoms with van der Waals surface area (Å²) in [6.07, 6.45) is 2.52. The highest BCUT2D eigenvalue weighted by Crippen LogP contribution is 2.32. The first-order valence-electron chi connectivity index (χ1n) is 10.6. The number of hydrogen-bond acceptors (Lipinski definition) is 4. The zero-order chi connectivity index (χ0) is 22.6. The molecule has 0 radical (unpaired) electrons. The summed E-state index contributed by atoms with van der Waals surface area (Å²) in [4.78, 5) is 4.24. The van der Waals surface area contributed by atoms with Crippen LogP contribution in [0.4, 0.5) is 0 Å². The molecular weight excluding hydrogens is 410 g/mol. The molecule has 0 amide bonds. The Morgan fingerprint density at radius 1 is 0.939 bits per heavy atom. The van der Waals surface area contributed by atoms with Gasteiger partial charge >= 0.3 is 0 Å². The zero-order valence-electron chi connectivity index (χ0n) is 17.8. The van der Waals surface area contributed by atoms with E-state index in [9.17, 15) is 5.11 Å². The van der Waals surface area contributed by atoms with E-state index < -0.39 is 6.10 Å². The molecule has 0 bridgehead atoms. The quantitative estimate of drug-likeness (QED) is 0.367. The lowest BCUT2D eigenvalue weighted by atomic mass is 10.1. The van der Waals surface area contributed by atoms with Crippen LogP contribution in [-0.4, -0.2) is 14.7 Å². The second-order valence-corrected chi connectivity index (χ2v) is 7.81. The third-order valence-electron chi connectivity index (χ3n) is 5.61. The molecule has 0 aliphatic carbocycles. The second kappa shape index (κ2) is 8.99. The van der Waals surface area contributed by atoms with Crippen molar-refractivity contribution < 1.29 is 9.84 Å². The summed E-state index contributed by atoms with van der Waals surface area (Å²) < 4.78 is 8.09. The van der Waals surface area contributed by atoms with Crippen molar-refractivity contribution in [2.24, 2.45) is 0 Å². The fraction of sp³-hybridized carbons (Fsp3) is 0.0714. The molecule has 1 N–H and O–H groups in total. The van der Waals surface area contributed by atoms with Gasteiger partial charge < -0.3 is 14.4 Å². The highest BCUT2D eigenvalue weighted by molar-refractivity contribution is 5.88. The Hall–Kier alpha value is -4.40. The Morgan fingerprint density at radius 2 is 1.73 bits per heavy atom. The Bertz CT molecular complexity index is 1440. The highest BCUT2D eigenvalue weighted by Gasteiger charge is 2.16. The van der Waals surface area contributed by atoms with Crippen LogP contribution in [0.5, 0.6) is 11.5 Å². The van der Waals surface area contributed by atoms with Crippen molar-refractivity contribution in [3.8, 4) is 17.6 Å². The predicted molar refractivity (Wildman–Crippen MR) is 127 cm³/mol. The molecule has 5 nitrogen and oxygen atoms in total. The number of aliphatic hydroxyl groups is 1. The van der Waals surface area contributed by atoms with Crippen LogP contribution in [0.3, 0.4) is 0 Å². The van der Waals surface area contributed by atoms with Crippen LogP contribution in [0.2, 0.25) is 0 Å². The number of imidazole rings is 1. The lowest BCUT2D eigenvalue weighted by Crippen LogP contribution is -2.09. The Morgan fingerprint density at radius 3 is 2.58 bits per heavy atom. The monoisotopic (exact) mass is 431 g/mol. The van der Waals surface area contributed by atoms with Crippen LogP contribution in [-0.2, 0) is 6.54 Å². The molecule has 0 aliphatic rings. The third-order valence-corrected chi connectivity index (χ3v) is 5.61. The Kier molecular flexibility index (Phi) is 5.59. The molecule has 0 saturated carbocycles. The molecule has 5 heteroatoms. The molecular formula is C28H21N3O2. The maximum absolute atomic E-state index is 11.1. The predicted octanol–water partition coefficient (Wildman–Crippen LogP) is 5.83. The van der Waals surface area contributed by atoms with Crippen molar-refractivity contribution in [3.05, 3.63) is 126 Å². The molecule has 1 atom stereocenters. The SMILES string of the molecule is N#Cc1ccc(Cn2cncc2C(O)c2cccc(Oc3cccc4ccccc34)c2)cc1. The molecule has 160 valence electrons. The molecule has 1 heterocycles. The lowest BCUT2D eigenvalue weighted by Gasteiger charge is -2.16. The van der Waals surface area contributed by atoms with E-state index >= 15 is 0 Å². The van der Waals surface area contributed by atoms with Crippen LogP contribution in [0.15, 0.2) is 104 Å². The average molecular weight is 431 g/mol. The number of aliphatic hydroxyl groups excluding tert-OH is 1. The molecule has 33 heavy (non-hydrogen) atoms. The normalized spacial score (nSPS) is 11.8. The first-order chi connectivity index (χ1) is 16.2. The third kappa shape index (κ3) is 4.33. The number of aromatic nitrogens is 2. The van der Waals surface area contributed by atoms with Crippen LogP contribution in [0.1, 0.15) is 28.5 Å². The van der Waals surface area contributed by atoms with Gasteiger partial charge in [-0.05, 0) is 46.8 Å². The molecule has 0 saturated heterocycles. The number of nitrogens with zero attached hydrogens (tertiary/aromatic N) is 3. The van der Waals surface area contributed by atoms with Gasteiger partial charge in [0.15, 0.2) is 0 Å². The second-order valence-electron chi connectivity index (χ2n) is 7.81. The smallest absolute Gasteiger partial charge is 0.135 e. The fourth-order valence-corrected chi connectivity index (χ4v) is 3.90. The number of benzene rings is 4. The van der Waals surface area contributed by atoms with E-state index in [0.29, 0.717) is 29.1 Å². The van der Waals surface area contributed by atoms with Crippen molar-refractivity contribution in [2.45, 2.75) is 12.6 Å². The molecule has 5 rings (SSSR count). The summed E-state index contributed by atoms with van der Waals surface area (Å²) in [5.74, 6) is 1.42. The maximum Gasteiger partial charge on any atom is 0.135 e. The van der Waals surface area contributed by atoms with Gasteiger partial charge in [-0.1, -0.05) is 60.7 Å². The molecule has 0 fully saturated rings. The minimum absolute atomic E-state index is 0.546. The maximum atomic E-state index is 11.1. The summed E-state index contributed by atoms with van der Waals surface area (Å²) in [7, 11) is 0. The van der Waals surface area contributed by atoms with Gasteiger partial charge in [0, 0.05) is 11.9 Å². The van der Waals surface area contributed by atoms with E-state index in [0.717, 1.165) is 22.1 Å². The first-order valence-corrected chi connectivity index (χ1v) is 10.6. The van der Waals surface area contributed by atoms with Gasteiger partial charge in [-0.2, -0.15) is 5.26 Å². The average Bonchev–Trinajstić information content (AvgIpc) is 3.32. The van der Waals surface area contributed by atoms with Gasteiger partial charge in [0.05, 0.1) is 29.9 Å². The van der Waals surface area contributed by atoms with Gasteiger partial charge in [-0.3, -0.25) is 0 Å². The number of nitriles is 1. The Labute approximate surface area is 191 Å². The van der Waals surface area contributed by atoms with E-state index in [2.05, 4.69) is 23.2 Å². The van der Waals surface area contributed by atoms with E-state index in [4.69, 9.17) is 10.00 Å². The number of fused-ring (bicyclic) bond motifs is 1. The molecule has 5 aromatic rings. The first kappa shape index (κ1) is 20.5. The number of hydrogen-bond donors (Lipinski definition) is 1. The molecule has 0 aliphatic heterocycles. The summed E-state index contributed by atoms with van der Waals surface area (Å²) in [5, 5.41) is 22.3. The molecule has 1 unspecified atom stereocenters. The van der Waals surface area contributed by atoms with Crippen LogP contribution in [0, 0.1) is 11.3 Å². The van der Waals surface area contributed by atoms with E-state index in [1.54, 1.807) is 24.7 Å². The minimum atomic E-state index is -0.859. The summed E-state index contributed by atoms with van der Waals surface area (Å²) >= 11 is 0. The zero-order valence-corrected chi connectivity index (χ0v) is 17.8. The lowest BCUT2D eigenvalue weighted by molar-refractivity contribution is 0.210. The molecule has 1 aromatic heterocycles. The van der Waals surface area contributed by atoms with Gasteiger partial charge in [0.2, 0.25) is 0 Å². The van der Waals surface area contributed by atoms with Gasteiger partial charge in [-0.15, -0.1) is 0 Å². The van der Waals surface area contributed by atoms with E-state index in [1.807, 2.05) is 71.3 Å². The summed E-state index contributed by atoms with van der Waals surface area (Å²) in [6.45, 7) is 0.546. The van der Waals surface area contributed by atoms with E-state index in [-0.39, 0.29) is 0 Å². The van der Waals surface area contributed by atoms with Crippen LogP contribution >= 0.6 is 0 Å². The number of ether oxygens (including phenoxy) is 1. The van der Waals surface area contributed by atoms with Crippen molar-refractivity contribution in [3.63, 3.8) is 0 Å². The number of rotatable bonds is 6. The standard InChI is InChI=1S/C28H21N3O2/c29-16-20-11-13-21(14-12-20)18-31-19-30-17-26(31)28(32)23-7-3-8-24(15-23)33-27-10-4-6-22-5-1-2-9-25(22)27/h1-15,17,19,28,32H,18H2. The Balaban J connectivity index is 1.39.